The molecule has 0 aromatic heterocycles. The minimum absolute atomic E-state index is 0. The monoisotopic (exact) mass is 536 g/mol. The summed E-state index contributed by atoms with van der Waals surface area (Å²) in [6.07, 6.45) is -0.241. The van der Waals surface area contributed by atoms with Crippen molar-refractivity contribution in [1.82, 2.24) is 15.1 Å². The van der Waals surface area contributed by atoms with Gasteiger partial charge < -0.3 is 19.7 Å². The lowest BCUT2D eigenvalue weighted by molar-refractivity contribution is -0.143. The SMILES string of the molecule is CCNC(=NCC1CCN(CC(F)(F)F)C1)N1CCC(OCCCOC)CC1.I. The van der Waals surface area contributed by atoms with Gasteiger partial charge in [0.05, 0.1) is 12.6 Å². The molecular weight excluding hydrogens is 500 g/mol. The molecule has 0 amide bonds. The van der Waals surface area contributed by atoms with Gasteiger partial charge in [-0.05, 0) is 45.1 Å². The quantitative estimate of drug-likeness (QED) is 0.213. The van der Waals surface area contributed by atoms with Crippen molar-refractivity contribution >= 4 is 29.9 Å². The summed E-state index contributed by atoms with van der Waals surface area (Å²) in [5.41, 5.74) is 0. The number of ether oxygens (including phenoxy) is 2. The fourth-order valence-corrected chi connectivity index (χ4v) is 3.79. The summed E-state index contributed by atoms with van der Waals surface area (Å²) in [5, 5.41) is 3.33. The molecule has 1 unspecified atom stereocenters. The Balaban J connectivity index is 0.00000420. The van der Waals surface area contributed by atoms with E-state index in [0.29, 0.717) is 19.6 Å². The van der Waals surface area contributed by atoms with E-state index in [4.69, 9.17) is 14.5 Å². The Bertz CT molecular complexity index is 475. The highest BCUT2D eigenvalue weighted by molar-refractivity contribution is 14.0. The normalized spacial score (nSPS) is 22.0. The Morgan fingerprint density at radius 2 is 1.86 bits per heavy atom. The molecule has 0 saturated carbocycles. The predicted molar refractivity (Wildman–Crippen MR) is 119 cm³/mol. The maximum atomic E-state index is 12.5. The van der Waals surface area contributed by atoms with Crippen LogP contribution in [-0.2, 0) is 9.47 Å². The number of guanidine groups is 1. The lowest BCUT2D eigenvalue weighted by Gasteiger charge is -2.34. The molecule has 0 radical (unpaired) electrons. The molecule has 29 heavy (non-hydrogen) atoms. The van der Waals surface area contributed by atoms with Gasteiger partial charge in [-0.3, -0.25) is 9.89 Å². The Hall–Kier alpha value is -0.330. The molecule has 2 saturated heterocycles. The number of nitrogens with one attached hydrogen (secondary N) is 1. The lowest BCUT2D eigenvalue weighted by Crippen LogP contribution is -2.47. The Morgan fingerprint density at radius 1 is 1.14 bits per heavy atom. The van der Waals surface area contributed by atoms with E-state index in [1.54, 1.807) is 7.11 Å². The molecule has 1 N–H and O–H groups in total. The molecule has 2 aliphatic rings. The van der Waals surface area contributed by atoms with Crippen molar-refractivity contribution < 1.29 is 22.6 Å². The molecule has 2 heterocycles. The fraction of sp³-hybridized carbons (Fsp3) is 0.947. The zero-order valence-corrected chi connectivity index (χ0v) is 19.9. The smallest absolute Gasteiger partial charge is 0.385 e. The Kier molecular flexibility index (Phi) is 12.8. The summed E-state index contributed by atoms with van der Waals surface area (Å²) in [6.45, 7) is 6.74. The van der Waals surface area contributed by atoms with Gasteiger partial charge >= 0.3 is 6.18 Å². The summed E-state index contributed by atoms with van der Waals surface area (Å²) >= 11 is 0. The number of likely N-dealkylation sites (tertiary alicyclic amines) is 2. The van der Waals surface area contributed by atoms with E-state index < -0.39 is 12.7 Å². The van der Waals surface area contributed by atoms with Crippen LogP contribution in [0.1, 0.15) is 32.6 Å². The average Bonchev–Trinajstić information content (AvgIpc) is 3.08. The topological polar surface area (TPSA) is 49.3 Å². The van der Waals surface area contributed by atoms with E-state index in [1.807, 2.05) is 6.92 Å². The maximum absolute atomic E-state index is 12.5. The first-order valence-electron chi connectivity index (χ1n) is 10.3. The third-order valence-corrected chi connectivity index (χ3v) is 5.19. The Morgan fingerprint density at radius 3 is 2.48 bits per heavy atom. The highest BCUT2D eigenvalue weighted by Crippen LogP contribution is 2.23. The second-order valence-corrected chi connectivity index (χ2v) is 7.60. The van der Waals surface area contributed by atoms with E-state index in [2.05, 4.69) is 10.2 Å². The second kappa shape index (κ2) is 13.9. The van der Waals surface area contributed by atoms with Gasteiger partial charge in [0.2, 0.25) is 0 Å². The van der Waals surface area contributed by atoms with Crippen molar-refractivity contribution in [2.75, 3.05) is 66.1 Å². The highest BCUT2D eigenvalue weighted by atomic mass is 127. The first-order valence-corrected chi connectivity index (χ1v) is 10.3. The van der Waals surface area contributed by atoms with E-state index in [9.17, 15) is 13.2 Å². The number of hydrogen-bond acceptors (Lipinski definition) is 4. The number of nitrogens with zero attached hydrogens (tertiary/aromatic N) is 3. The molecule has 1 atom stereocenters. The third-order valence-electron chi connectivity index (χ3n) is 5.19. The first-order chi connectivity index (χ1) is 13.4. The molecule has 0 aromatic rings. The number of alkyl halides is 3. The molecule has 0 aliphatic carbocycles. The van der Waals surface area contributed by atoms with Gasteiger partial charge in [-0.1, -0.05) is 0 Å². The average molecular weight is 536 g/mol. The molecule has 2 aliphatic heterocycles. The minimum atomic E-state index is -4.12. The van der Waals surface area contributed by atoms with Gasteiger partial charge in [-0.25, -0.2) is 0 Å². The van der Waals surface area contributed by atoms with Gasteiger partial charge in [0, 0.05) is 53.0 Å². The summed E-state index contributed by atoms with van der Waals surface area (Å²) < 4.78 is 48.5. The highest BCUT2D eigenvalue weighted by Gasteiger charge is 2.34. The number of rotatable bonds is 9. The van der Waals surface area contributed by atoms with E-state index in [-0.39, 0.29) is 36.0 Å². The van der Waals surface area contributed by atoms with Gasteiger partial charge in [0.25, 0.3) is 0 Å². The van der Waals surface area contributed by atoms with Crippen LogP contribution in [0.3, 0.4) is 0 Å². The number of piperidine rings is 1. The largest absolute Gasteiger partial charge is 0.401 e. The maximum Gasteiger partial charge on any atom is 0.401 e. The standard InChI is InChI=1S/C19H35F3N4O2.HI/c1-3-23-18(24-13-16-5-8-25(14-16)15-19(20,21)22)26-9-6-17(7-10-26)28-12-4-11-27-2;/h16-17H,3-15H2,1-2H3,(H,23,24);1H. The molecular formula is C19H36F3IN4O2. The van der Waals surface area contributed by atoms with Gasteiger partial charge in [-0.2, -0.15) is 13.2 Å². The van der Waals surface area contributed by atoms with Crippen LogP contribution in [0.25, 0.3) is 0 Å². The summed E-state index contributed by atoms with van der Waals surface area (Å²) in [5.74, 6) is 1.06. The molecule has 2 rings (SSSR count). The Labute approximate surface area is 189 Å². The van der Waals surface area contributed by atoms with E-state index in [0.717, 1.165) is 64.5 Å². The summed E-state index contributed by atoms with van der Waals surface area (Å²) in [7, 11) is 1.69. The van der Waals surface area contributed by atoms with Crippen LogP contribution in [0.4, 0.5) is 13.2 Å². The van der Waals surface area contributed by atoms with Crippen molar-refractivity contribution in [1.29, 1.82) is 0 Å². The van der Waals surface area contributed by atoms with Crippen molar-refractivity contribution in [3.8, 4) is 0 Å². The van der Waals surface area contributed by atoms with Crippen LogP contribution in [-0.4, -0.2) is 94.2 Å². The summed E-state index contributed by atoms with van der Waals surface area (Å²) in [6, 6.07) is 0. The molecule has 2 fully saturated rings. The van der Waals surface area contributed by atoms with Crippen molar-refractivity contribution in [3.05, 3.63) is 0 Å². The number of halogens is 4. The molecule has 6 nitrogen and oxygen atoms in total. The minimum Gasteiger partial charge on any atom is -0.385 e. The van der Waals surface area contributed by atoms with Gasteiger partial charge in [0.15, 0.2) is 5.96 Å². The second-order valence-electron chi connectivity index (χ2n) is 7.60. The van der Waals surface area contributed by atoms with Crippen LogP contribution in [0.5, 0.6) is 0 Å². The van der Waals surface area contributed by atoms with Crippen molar-refractivity contribution in [3.63, 3.8) is 0 Å². The summed E-state index contributed by atoms with van der Waals surface area (Å²) in [4.78, 5) is 8.45. The van der Waals surface area contributed by atoms with E-state index in [1.165, 1.54) is 4.90 Å². The molecule has 172 valence electrons. The fourth-order valence-electron chi connectivity index (χ4n) is 3.79. The number of methoxy groups -OCH3 is 1. The third kappa shape index (κ3) is 10.5. The zero-order chi connectivity index (χ0) is 20.4. The number of aliphatic imine (C=N–C) groups is 1. The van der Waals surface area contributed by atoms with Crippen LogP contribution in [0.2, 0.25) is 0 Å². The first kappa shape index (κ1) is 26.7. The van der Waals surface area contributed by atoms with Crippen LogP contribution < -0.4 is 5.32 Å². The van der Waals surface area contributed by atoms with Gasteiger partial charge in [-0.15, -0.1) is 24.0 Å². The number of hydrogen-bond donors (Lipinski definition) is 1. The van der Waals surface area contributed by atoms with Crippen molar-refractivity contribution in [2.45, 2.75) is 44.9 Å². The molecule has 0 bridgehead atoms. The van der Waals surface area contributed by atoms with Crippen LogP contribution in [0, 0.1) is 5.92 Å². The zero-order valence-electron chi connectivity index (χ0n) is 17.5. The lowest BCUT2D eigenvalue weighted by atomic mass is 10.1. The van der Waals surface area contributed by atoms with Crippen molar-refractivity contribution in [2.24, 2.45) is 10.9 Å². The molecule has 0 spiro atoms. The van der Waals surface area contributed by atoms with Crippen LogP contribution >= 0.6 is 24.0 Å². The van der Waals surface area contributed by atoms with E-state index >= 15 is 0 Å². The molecule has 10 heteroatoms. The predicted octanol–water partition coefficient (Wildman–Crippen LogP) is 2.97. The molecule has 0 aromatic carbocycles. The van der Waals surface area contributed by atoms with Crippen LogP contribution in [0.15, 0.2) is 4.99 Å². The van der Waals surface area contributed by atoms with Gasteiger partial charge in [0.1, 0.15) is 0 Å².